The van der Waals surface area contributed by atoms with Gasteiger partial charge in [-0.3, -0.25) is 5.43 Å². The van der Waals surface area contributed by atoms with Crippen molar-refractivity contribution in [3.05, 3.63) is 17.7 Å². The fourth-order valence-electron chi connectivity index (χ4n) is 2.58. The summed E-state index contributed by atoms with van der Waals surface area (Å²) in [7, 11) is 0. The molecule has 3 heterocycles. The van der Waals surface area contributed by atoms with Crippen LogP contribution in [0.5, 0.6) is 0 Å². The third-order valence-electron chi connectivity index (χ3n) is 3.82. The monoisotopic (exact) mass is 327 g/mol. The smallest absolute Gasteiger partial charge is 0.248 e. The molecule has 1 fully saturated rings. The molecule has 0 aromatic carbocycles. The van der Waals surface area contributed by atoms with Gasteiger partial charge in [-0.1, -0.05) is 5.92 Å². The number of nitrogens with two attached hydrogens (primary N) is 1. The van der Waals surface area contributed by atoms with Crippen molar-refractivity contribution in [2.24, 2.45) is 10.7 Å². The Kier molecular flexibility index (Phi) is 3.32. The molecule has 1 unspecified atom stereocenters. The van der Waals surface area contributed by atoms with Crippen molar-refractivity contribution in [3.8, 4) is 12.3 Å². The summed E-state index contributed by atoms with van der Waals surface area (Å²) in [5, 5.41) is 39.6. The van der Waals surface area contributed by atoms with Gasteiger partial charge in [-0.15, -0.1) is 6.42 Å². The molecule has 10 nitrogen and oxygen atoms in total. The summed E-state index contributed by atoms with van der Waals surface area (Å²) < 4.78 is 20.6. The summed E-state index contributed by atoms with van der Waals surface area (Å²) in [5.41, 5.74) is 5.48. The van der Waals surface area contributed by atoms with E-state index in [4.69, 9.17) is 16.9 Å². The molecule has 0 radical (unpaired) electrons. The number of ether oxygens (including phenoxy) is 1. The fourth-order valence-corrected chi connectivity index (χ4v) is 2.58. The van der Waals surface area contributed by atoms with Crippen LogP contribution in [0.2, 0.25) is 0 Å². The first-order valence-electron chi connectivity index (χ1n) is 6.49. The Labute approximate surface area is 129 Å². The lowest BCUT2D eigenvalue weighted by atomic mass is 9.95. The van der Waals surface area contributed by atoms with E-state index in [9.17, 15) is 24.8 Å². The van der Waals surface area contributed by atoms with Gasteiger partial charge in [-0.05, 0) is 0 Å². The third kappa shape index (κ3) is 1.94. The summed E-state index contributed by atoms with van der Waals surface area (Å²) in [6, 6.07) is 0. The van der Waals surface area contributed by atoms with Gasteiger partial charge in [0.2, 0.25) is 18.0 Å². The minimum absolute atomic E-state index is 0.0879. The molecule has 5 atom stereocenters. The topological polar surface area (TPSA) is 158 Å². The minimum atomic E-state index is -2.73. The molecule has 2 aliphatic heterocycles. The van der Waals surface area contributed by atoms with Crippen molar-refractivity contribution in [2.45, 2.75) is 29.9 Å². The van der Waals surface area contributed by atoms with Crippen LogP contribution < -0.4 is 11.2 Å². The van der Waals surface area contributed by atoms with E-state index in [1.54, 1.807) is 0 Å². The molecule has 0 amide bonds. The molecule has 0 spiro atoms. The zero-order chi connectivity index (χ0) is 17.0. The lowest BCUT2D eigenvalue weighted by Gasteiger charge is -2.29. The maximum absolute atomic E-state index is 14.5. The second kappa shape index (κ2) is 4.88. The summed E-state index contributed by atoms with van der Waals surface area (Å²) in [6.07, 6.45) is 0.374. The molecule has 0 aliphatic carbocycles. The van der Waals surface area contributed by atoms with E-state index < -0.39 is 36.5 Å². The average molecular weight is 327 g/mol. The number of imidazole rings is 1. The molecule has 0 bridgehead atoms. The highest BCUT2D eigenvalue weighted by atomic mass is 19.1. The van der Waals surface area contributed by atoms with Gasteiger partial charge in [0.05, 0.1) is 12.8 Å². The van der Waals surface area contributed by atoms with Gasteiger partial charge in [0.15, 0.2) is 17.6 Å². The number of aliphatic imine (C=N–C) groups is 1. The molecule has 0 saturated carbocycles. The lowest BCUT2D eigenvalue weighted by Crippen LogP contribution is -2.44. The van der Waals surface area contributed by atoms with Crippen LogP contribution in [-0.4, -0.2) is 60.5 Å². The number of terminal acetylenes is 1. The van der Waals surface area contributed by atoms with Crippen molar-refractivity contribution in [3.63, 3.8) is 0 Å². The van der Waals surface area contributed by atoms with E-state index in [1.807, 2.05) is 5.92 Å². The SMILES string of the molecule is C#C[C@]1(CO)O[C@@](O)(c2cnc3n2NC(N)=NC3O)[C@H](F)[C@@H]1O. The van der Waals surface area contributed by atoms with E-state index in [2.05, 4.69) is 15.4 Å². The highest BCUT2D eigenvalue weighted by molar-refractivity contribution is 5.86. The number of nitrogens with one attached hydrogen (secondary N) is 1. The Morgan fingerprint density at radius 1 is 1.57 bits per heavy atom. The van der Waals surface area contributed by atoms with Crippen molar-refractivity contribution < 1.29 is 29.6 Å². The Morgan fingerprint density at radius 2 is 2.26 bits per heavy atom. The van der Waals surface area contributed by atoms with Crippen molar-refractivity contribution in [2.75, 3.05) is 12.0 Å². The summed E-state index contributed by atoms with van der Waals surface area (Å²) >= 11 is 0. The van der Waals surface area contributed by atoms with Crippen LogP contribution in [0.3, 0.4) is 0 Å². The number of aromatic nitrogens is 2. The Morgan fingerprint density at radius 3 is 2.83 bits per heavy atom. The van der Waals surface area contributed by atoms with E-state index in [0.717, 1.165) is 10.9 Å². The molecule has 1 saturated heterocycles. The predicted molar refractivity (Wildman–Crippen MR) is 72.7 cm³/mol. The van der Waals surface area contributed by atoms with Gasteiger partial charge >= 0.3 is 0 Å². The lowest BCUT2D eigenvalue weighted by molar-refractivity contribution is -0.246. The maximum atomic E-state index is 14.5. The van der Waals surface area contributed by atoms with Crippen molar-refractivity contribution in [1.82, 2.24) is 9.66 Å². The van der Waals surface area contributed by atoms with Gasteiger partial charge < -0.3 is 30.9 Å². The molecule has 23 heavy (non-hydrogen) atoms. The molecule has 3 rings (SSSR count). The number of alkyl halides is 1. The Hall–Kier alpha value is -2.23. The van der Waals surface area contributed by atoms with E-state index >= 15 is 0 Å². The number of guanidine groups is 1. The number of aliphatic hydroxyl groups excluding tert-OH is 3. The van der Waals surface area contributed by atoms with Crippen LogP contribution in [-0.2, 0) is 10.5 Å². The standard InChI is InChI=1S/C12H14FN5O5/c1-2-11(4-19)7(20)6(13)12(22,23-11)5-3-15-8-9(21)16-10(14)17-18(5)8/h1,3,6-7,9,19-22H,4H2,(H3,14,16,17)/t6-,7+,9?,11-,12+/m1/s1. The van der Waals surface area contributed by atoms with Gasteiger partial charge in [0.25, 0.3) is 0 Å². The van der Waals surface area contributed by atoms with Gasteiger partial charge in [-0.2, -0.15) is 0 Å². The van der Waals surface area contributed by atoms with Crippen LogP contribution in [0, 0.1) is 12.3 Å². The summed E-state index contributed by atoms with van der Waals surface area (Å²) in [4.78, 5) is 7.41. The first-order chi connectivity index (χ1) is 10.8. The first kappa shape index (κ1) is 15.7. The number of halogens is 1. The number of hydrogen-bond acceptors (Lipinski definition) is 9. The zero-order valence-corrected chi connectivity index (χ0v) is 11.6. The zero-order valence-electron chi connectivity index (χ0n) is 11.6. The second-order valence-electron chi connectivity index (χ2n) is 5.17. The van der Waals surface area contributed by atoms with Crippen LogP contribution >= 0.6 is 0 Å². The normalized spacial score (nSPS) is 39.3. The molecule has 1 aromatic heterocycles. The van der Waals surface area contributed by atoms with Gasteiger partial charge in [0.1, 0.15) is 11.8 Å². The number of aliphatic hydroxyl groups is 4. The summed E-state index contributed by atoms with van der Waals surface area (Å²) in [6.45, 7) is -0.923. The highest BCUT2D eigenvalue weighted by Crippen LogP contribution is 2.45. The number of nitrogens with zero attached hydrogens (tertiary/aromatic N) is 3. The highest BCUT2D eigenvalue weighted by Gasteiger charge is 2.64. The van der Waals surface area contributed by atoms with Crippen molar-refractivity contribution in [1.29, 1.82) is 0 Å². The molecule has 124 valence electrons. The van der Waals surface area contributed by atoms with Gasteiger partial charge in [0, 0.05) is 0 Å². The fraction of sp³-hybridized carbons (Fsp3) is 0.500. The minimum Gasteiger partial charge on any atom is -0.392 e. The van der Waals surface area contributed by atoms with E-state index in [-0.39, 0.29) is 17.5 Å². The summed E-state index contributed by atoms with van der Waals surface area (Å²) in [5.74, 6) is -1.08. The van der Waals surface area contributed by atoms with E-state index in [1.165, 1.54) is 0 Å². The Bertz CT molecular complexity index is 717. The first-order valence-corrected chi connectivity index (χ1v) is 6.49. The molecule has 11 heteroatoms. The number of hydrogen-bond donors (Lipinski definition) is 6. The van der Waals surface area contributed by atoms with Crippen LogP contribution in [0.15, 0.2) is 11.2 Å². The van der Waals surface area contributed by atoms with E-state index in [0.29, 0.717) is 0 Å². The molecule has 7 N–H and O–H groups in total. The van der Waals surface area contributed by atoms with Gasteiger partial charge in [-0.25, -0.2) is 19.0 Å². The quantitative estimate of drug-likeness (QED) is 0.313. The molecular formula is C12H14FN5O5. The molecule has 1 aromatic rings. The Balaban J connectivity index is 2.09. The van der Waals surface area contributed by atoms with Crippen LogP contribution in [0.1, 0.15) is 17.7 Å². The third-order valence-corrected chi connectivity index (χ3v) is 3.82. The molecular weight excluding hydrogens is 313 g/mol. The maximum Gasteiger partial charge on any atom is 0.248 e. The average Bonchev–Trinajstić information content (AvgIpc) is 3.02. The van der Waals surface area contributed by atoms with Crippen LogP contribution in [0.4, 0.5) is 4.39 Å². The largest absolute Gasteiger partial charge is 0.392 e. The number of rotatable bonds is 2. The number of fused-ring (bicyclic) bond motifs is 1. The molecule has 2 aliphatic rings. The predicted octanol–water partition coefficient (Wildman–Crippen LogP) is -3.02. The van der Waals surface area contributed by atoms with Crippen molar-refractivity contribution >= 4 is 5.96 Å². The second-order valence-corrected chi connectivity index (χ2v) is 5.17. The van der Waals surface area contributed by atoms with Crippen LogP contribution in [0.25, 0.3) is 0 Å².